The van der Waals surface area contributed by atoms with Crippen LogP contribution in [0.1, 0.15) is 6.92 Å². The zero-order chi connectivity index (χ0) is 20.3. The monoisotopic (exact) mass is 416 g/mol. The standard InChI is InChI=1S/C19H17ClN4O3S/c1-11(16(25)23-18(27)21-2)28-19-22-15-6-4-3-5-14(15)17(26)24(19)13-9-7-12(20)8-10-13/h3-11H,1-2H3,(H2,21,23,25,27)/t11-/m1/s1. The largest absolute Gasteiger partial charge is 0.341 e. The number of rotatable bonds is 4. The highest BCUT2D eigenvalue weighted by molar-refractivity contribution is 8.00. The van der Waals surface area contributed by atoms with E-state index in [0.717, 1.165) is 11.8 Å². The van der Waals surface area contributed by atoms with E-state index in [4.69, 9.17) is 11.6 Å². The van der Waals surface area contributed by atoms with Gasteiger partial charge in [-0.05, 0) is 43.3 Å². The van der Waals surface area contributed by atoms with Gasteiger partial charge in [0.15, 0.2) is 5.16 Å². The van der Waals surface area contributed by atoms with Crippen molar-refractivity contribution in [3.8, 4) is 5.69 Å². The summed E-state index contributed by atoms with van der Waals surface area (Å²) in [5.74, 6) is -0.491. The van der Waals surface area contributed by atoms with E-state index in [1.165, 1.54) is 11.6 Å². The highest BCUT2D eigenvalue weighted by Crippen LogP contribution is 2.25. The van der Waals surface area contributed by atoms with Crippen molar-refractivity contribution in [2.24, 2.45) is 0 Å². The molecule has 0 aliphatic carbocycles. The number of fused-ring (bicyclic) bond motifs is 1. The van der Waals surface area contributed by atoms with Crippen molar-refractivity contribution in [2.45, 2.75) is 17.3 Å². The molecular formula is C19H17ClN4O3S. The van der Waals surface area contributed by atoms with Gasteiger partial charge < -0.3 is 5.32 Å². The summed E-state index contributed by atoms with van der Waals surface area (Å²) in [6, 6.07) is 13.2. The van der Waals surface area contributed by atoms with Gasteiger partial charge in [0.05, 0.1) is 21.8 Å². The number of hydrogen-bond acceptors (Lipinski definition) is 5. The number of nitrogens with one attached hydrogen (secondary N) is 2. The number of para-hydroxylation sites is 1. The predicted octanol–water partition coefficient (Wildman–Crippen LogP) is 2.98. The summed E-state index contributed by atoms with van der Waals surface area (Å²) in [5.41, 5.74) is 0.850. The molecule has 3 rings (SSSR count). The minimum absolute atomic E-state index is 0.255. The van der Waals surface area contributed by atoms with Gasteiger partial charge in [0, 0.05) is 12.1 Å². The third-order valence-electron chi connectivity index (χ3n) is 3.94. The van der Waals surface area contributed by atoms with Gasteiger partial charge in [-0.2, -0.15) is 0 Å². The Morgan fingerprint density at radius 3 is 2.50 bits per heavy atom. The van der Waals surface area contributed by atoms with Crippen molar-refractivity contribution in [2.75, 3.05) is 7.05 Å². The maximum Gasteiger partial charge on any atom is 0.321 e. The van der Waals surface area contributed by atoms with Gasteiger partial charge in [0.2, 0.25) is 5.91 Å². The minimum Gasteiger partial charge on any atom is -0.341 e. The van der Waals surface area contributed by atoms with Crippen molar-refractivity contribution in [1.29, 1.82) is 0 Å². The maximum absolute atomic E-state index is 13.1. The Balaban J connectivity index is 2.08. The number of urea groups is 1. The molecule has 0 fully saturated rings. The quantitative estimate of drug-likeness (QED) is 0.503. The molecule has 0 saturated heterocycles. The molecule has 3 aromatic rings. The Bertz CT molecular complexity index is 1100. The molecular weight excluding hydrogens is 400 g/mol. The maximum atomic E-state index is 13.1. The molecule has 1 aromatic heterocycles. The van der Waals surface area contributed by atoms with Crippen LogP contribution in [-0.4, -0.2) is 33.8 Å². The van der Waals surface area contributed by atoms with Crippen molar-refractivity contribution >= 4 is 46.2 Å². The van der Waals surface area contributed by atoms with Crippen molar-refractivity contribution in [3.63, 3.8) is 0 Å². The average Bonchev–Trinajstić information content (AvgIpc) is 2.69. The van der Waals surface area contributed by atoms with Crippen LogP contribution in [0.15, 0.2) is 58.5 Å². The summed E-state index contributed by atoms with van der Waals surface area (Å²) in [6.45, 7) is 1.64. The molecule has 28 heavy (non-hydrogen) atoms. The second kappa shape index (κ2) is 8.45. The lowest BCUT2D eigenvalue weighted by molar-refractivity contribution is -0.119. The topological polar surface area (TPSA) is 93.1 Å². The van der Waals surface area contributed by atoms with Crippen molar-refractivity contribution in [1.82, 2.24) is 20.2 Å². The minimum atomic E-state index is -0.663. The lowest BCUT2D eigenvalue weighted by Gasteiger charge is -2.16. The molecule has 7 nitrogen and oxygen atoms in total. The van der Waals surface area contributed by atoms with E-state index in [1.54, 1.807) is 55.5 Å². The second-order valence-corrected chi connectivity index (χ2v) is 7.60. The Labute approximate surface area is 170 Å². The van der Waals surface area contributed by atoms with Gasteiger partial charge in [0.25, 0.3) is 5.56 Å². The van der Waals surface area contributed by atoms with E-state index in [1.807, 2.05) is 0 Å². The van der Waals surface area contributed by atoms with Gasteiger partial charge in [-0.1, -0.05) is 35.5 Å². The highest BCUT2D eigenvalue weighted by atomic mass is 35.5. The smallest absolute Gasteiger partial charge is 0.321 e. The number of carbonyl (C=O) groups is 2. The van der Waals surface area contributed by atoms with Crippen LogP contribution in [0.25, 0.3) is 16.6 Å². The zero-order valence-electron chi connectivity index (χ0n) is 15.1. The summed E-state index contributed by atoms with van der Waals surface area (Å²) in [7, 11) is 1.42. The van der Waals surface area contributed by atoms with Gasteiger partial charge in [-0.15, -0.1) is 0 Å². The molecule has 2 N–H and O–H groups in total. The Morgan fingerprint density at radius 1 is 1.14 bits per heavy atom. The molecule has 0 aliphatic rings. The molecule has 0 radical (unpaired) electrons. The van der Waals surface area contributed by atoms with E-state index in [9.17, 15) is 14.4 Å². The van der Waals surface area contributed by atoms with E-state index in [-0.39, 0.29) is 5.56 Å². The number of benzene rings is 2. The number of amides is 3. The summed E-state index contributed by atoms with van der Waals surface area (Å²) in [4.78, 5) is 41.3. The number of aromatic nitrogens is 2. The van der Waals surface area contributed by atoms with Gasteiger partial charge in [0.1, 0.15) is 0 Å². The van der Waals surface area contributed by atoms with E-state index < -0.39 is 17.2 Å². The SMILES string of the molecule is CNC(=O)NC(=O)[C@@H](C)Sc1nc2ccccc2c(=O)n1-c1ccc(Cl)cc1. The average molecular weight is 417 g/mol. The molecule has 0 unspecified atom stereocenters. The molecule has 9 heteroatoms. The first-order valence-corrected chi connectivity index (χ1v) is 9.63. The third kappa shape index (κ3) is 4.18. The number of halogens is 1. The summed E-state index contributed by atoms with van der Waals surface area (Å²) < 4.78 is 1.44. The molecule has 144 valence electrons. The van der Waals surface area contributed by atoms with Gasteiger partial charge >= 0.3 is 6.03 Å². The summed E-state index contributed by atoms with van der Waals surface area (Å²) >= 11 is 7.05. The lowest BCUT2D eigenvalue weighted by atomic mass is 10.2. The van der Waals surface area contributed by atoms with Crippen molar-refractivity contribution < 1.29 is 9.59 Å². The van der Waals surface area contributed by atoms with E-state index >= 15 is 0 Å². The van der Waals surface area contributed by atoms with Crippen LogP contribution in [-0.2, 0) is 4.79 Å². The molecule has 0 bridgehead atoms. The second-order valence-electron chi connectivity index (χ2n) is 5.86. The highest BCUT2D eigenvalue weighted by Gasteiger charge is 2.21. The molecule has 1 heterocycles. The number of imide groups is 1. The number of carbonyl (C=O) groups excluding carboxylic acids is 2. The van der Waals surface area contributed by atoms with Crippen LogP contribution in [0.4, 0.5) is 4.79 Å². The lowest BCUT2D eigenvalue weighted by Crippen LogP contribution is -2.41. The molecule has 3 amide bonds. The zero-order valence-corrected chi connectivity index (χ0v) is 16.7. The number of thioether (sulfide) groups is 1. The van der Waals surface area contributed by atoms with E-state index in [2.05, 4.69) is 15.6 Å². The normalized spacial score (nSPS) is 11.8. The summed E-state index contributed by atoms with van der Waals surface area (Å²) in [5, 5.41) is 5.23. The number of hydrogen-bond donors (Lipinski definition) is 2. The molecule has 0 aliphatic heterocycles. The fraction of sp³-hybridized carbons (Fsp3) is 0.158. The van der Waals surface area contributed by atoms with Crippen LogP contribution in [0.5, 0.6) is 0 Å². The third-order valence-corrected chi connectivity index (χ3v) is 5.25. The first-order valence-electron chi connectivity index (χ1n) is 8.37. The molecule has 1 atom stereocenters. The molecule has 2 aromatic carbocycles. The molecule has 0 saturated carbocycles. The van der Waals surface area contributed by atoms with Gasteiger partial charge in [-0.3, -0.25) is 19.5 Å². The Morgan fingerprint density at radius 2 is 1.82 bits per heavy atom. The van der Waals surface area contributed by atoms with Gasteiger partial charge in [-0.25, -0.2) is 9.78 Å². The first kappa shape index (κ1) is 19.9. The van der Waals surface area contributed by atoms with Crippen LogP contribution < -0.4 is 16.2 Å². The Kier molecular flexibility index (Phi) is 6.01. The Hall–Kier alpha value is -2.84. The van der Waals surface area contributed by atoms with Crippen LogP contribution >= 0.6 is 23.4 Å². The van der Waals surface area contributed by atoms with Crippen LogP contribution in [0.3, 0.4) is 0 Å². The summed E-state index contributed by atoms with van der Waals surface area (Å²) in [6.07, 6.45) is 0. The fourth-order valence-corrected chi connectivity index (χ4v) is 3.55. The van der Waals surface area contributed by atoms with E-state index in [0.29, 0.717) is 26.8 Å². The fourth-order valence-electron chi connectivity index (χ4n) is 2.50. The van der Waals surface area contributed by atoms with Crippen LogP contribution in [0.2, 0.25) is 5.02 Å². The molecule has 0 spiro atoms. The number of nitrogens with zero attached hydrogens (tertiary/aromatic N) is 2. The predicted molar refractivity (Wildman–Crippen MR) is 110 cm³/mol. The van der Waals surface area contributed by atoms with Crippen LogP contribution in [0, 0.1) is 0 Å². The van der Waals surface area contributed by atoms with Crippen molar-refractivity contribution in [3.05, 3.63) is 63.9 Å². The first-order chi connectivity index (χ1) is 13.4.